The molecule has 1 N–H and O–H groups in total. The van der Waals surface area contributed by atoms with E-state index in [0.29, 0.717) is 41.7 Å². The lowest BCUT2D eigenvalue weighted by molar-refractivity contribution is -0.117. The maximum atomic E-state index is 12.9. The minimum atomic E-state index is -0.257. The number of pyridine rings is 1. The SMILES string of the molecule is O=C(NCc1cccnc1OC1CCCC1)c1ccc(Cl)cc1N1CCCC1=O. The lowest BCUT2D eigenvalue weighted by atomic mass is 10.1. The highest BCUT2D eigenvalue weighted by Gasteiger charge is 2.26. The van der Waals surface area contributed by atoms with Crippen LogP contribution in [0.4, 0.5) is 5.69 Å². The number of benzene rings is 1. The molecule has 1 aromatic heterocycles. The average Bonchev–Trinajstić information content (AvgIpc) is 3.38. The molecule has 0 radical (unpaired) electrons. The third kappa shape index (κ3) is 4.53. The topological polar surface area (TPSA) is 71.5 Å². The van der Waals surface area contributed by atoms with Crippen LogP contribution in [0.2, 0.25) is 5.02 Å². The van der Waals surface area contributed by atoms with Gasteiger partial charge in [0.25, 0.3) is 5.91 Å². The number of carbonyl (C=O) groups excluding carboxylic acids is 2. The first-order valence-corrected chi connectivity index (χ1v) is 10.5. The summed E-state index contributed by atoms with van der Waals surface area (Å²) < 4.78 is 6.05. The zero-order chi connectivity index (χ0) is 20.2. The average molecular weight is 414 g/mol. The molecule has 7 heteroatoms. The van der Waals surface area contributed by atoms with Crippen molar-refractivity contribution in [2.24, 2.45) is 0 Å². The third-order valence-corrected chi connectivity index (χ3v) is 5.67. The first-order chi connectivity index (χ1) is 14.1. The summed E-state index contributed by atoms with van der Waals surface area (Å²) in [5.41, 5.74) is 1.83. The molecule has 1 saturated carbocycles. The van der Waals surface area contributed by atoms with Crippen molar-refractivity contribution < 1.29 is 14.3 Å². The summed E-state index contributed by atoms with van der Waals surface area (Å²) in [4.78, 5) is 31.1. The van der Waals surface area contributed by atoms with Crippen LogP contribution in [0.3, 0.4) is 0 Å². The zero-order valence-corrected chi connectivity index (χ0v) is 17.0. The van der Waals surface area contributed by atoms with Gasteiger partial charge in [0, 0.05) is 36.3 Å². The number of halogens is 1. The van der Waals surface area contributed by atoms with Crippen molar-refractivity contribution >= 4 is 29.1 Å². The Morgan fingerprint density at radius 3 is 2.83 bits per heavy atom. The Morgan fingerprint density at radius 2 is 2.07 bits per heavy atom. The van der Waals surface area contributed by atoms with Gasteiger partial charge in [-0.25, -0.2) is 4.98 Å². The number of ether oxygens (including phenoxy) is 1. The van der Waals surface area contributed by atoms with Crippen LogP contribution >= 0.6 is 11.6 Å². The van der Waals surface area contributed by atoms with E-state index in [2.05, 4.69) is 10.3 Å². The van der Waals surface area contributed by atoms with E-state index in [1.54, 1.807) is 29.3 Å². The molecule has 29 heavy (non-hydrogen) atoms. The first-order valence-electron chi connectivity index (χ1n) is 10.1. The van der Waals surface area contributed by atoms with E-state index < -0.39 is 0 Å². The number of nitrogens with zero attached hydrogens (tertiary/aromatic N) is 2. The van der Waals surface area contributed by atoms with Gasteiger partial charge >= 0.3 is 0 Å². The lowest BCUT2D eigenvalue weighted by Crippen LogP contribution is -2.29. The molecule has 6 nitrogen and oxygen atoms in total. The van der Waals surface area contributed by atoms with Gasteiger partial charge in [-0.15, -0.1) is 0 Å². The standard InChI is InChI=1S/C22H24ClN3O3/c23-16-9-10-18(19(13-16)26-12-4-8-20(26)27)21(28)25-14-15-5-3-11-24-22(15)29-17-6-1-2-7-17/h3,5,9-11,13,17H,1-2,4,6-8,12,14H2,(H,25,28). The molecule has 0 spiro atoms. The summed E-state index contributed by atoms with van der Waals surface area (Å²) in [6.45, 7) is 0.895. The summed E-state index contributed by atoms with van der Waals surface area (Å²) in [6, 6.07) is 8.75. The number of nitrogens with one attached hydrogen (secondary N) is 1. The van der Waals surface area contributed by atoms with E-state index >= 15 is 0 Å². The van der Waals surface area contributed by atoms with Crippen LogP contribution in [-0.4, -0.2) is 29.4 Å². The van der Waals surface area contributed by atoms with Gasteiger partial charge in [-0.1, -0.05) is 17.7 Å². The molecule has 0 unspecified atom stereocenters. The van der Waals surface area contributed by atoms with Crippen LogP contribution in [0, 0.1) is 0 Å². The molecule has 1 aromatic carbocycles. The van der Waals surface area contributed by atoms with Gasteiger partial charge in [0.1, 0.15) is 6.10 Å². The molecule has 2 aromatic rings. The van der Waals surface area contributed by atoms with Crippen LogP contribution in [-0.2, 0) is 11.3 Å². The monoisotopic (exact) mass is 413 g/mol. The summed E-state index contributed by atoms with van der Waals surface area (Å²) in [7, 11) is 0. The molecular weight excluding hydrogens is 390 g/mol. The number of hydrogen-bond donors (Lipinski definition) is 1. The van der Waals surface area contributed by atoms with Crippen molar-refractivity contribution in [3.05, 3.63) is 52.7 Å². The van der Waals surface area contributed by atoms with Gasteiger partial charge in [-0.05, 0) is 56.4 Å². The predicted molar refractivity (Wildman–Crippen MR) is 111 cm³/mol. The van der Waals surface area contributed by atoms with Gasteiger partial charge in [0.15, 0.2) is 0 Å². The van der Waals surface area contributed by atoms with Crippen LogP contribution < -0.4 is 15.0 Å². The van der Waals surface area contributed by atoms with E-state index in [-0.39, 0.29) is 17.9 Å². The molecule has 0 atom stereocenters. The zero-order valence-electron chi connectivity index (χ0n) is 16.2. The van der Waals surface area contributed by atoms with E-state index in [9.17, 15) is 9.59 Å². The Balaban J connectivity index is 1.49. The second-order valence-corrected chi connectivity index (χ2v) is 7.92. The number of anilines is 1. The van der Waals surface area contributed by atoms with Gasteiger partial charge in [-0.2, -0.15) is 0 Å². The predicted octanol–water partition coefficient (Wildman–Crippen LogP) is 4.11. The second kappa shape index (κ2) is 8.82. The minimum absolute atomic E-state index is 0.0147. The van der Waals surface area contributed by atoms with Gasteiger partial charge in [-0.3, -0.25) is 9.59 Å². The van der Waals surface area contributed by atoms with Gasteiger partial charge in [0.05, 0.1) is 11.3 Å². The van der Waals surface area contributed by atoms with Gasteiger partial charge < -0.3 is 15.0 Å². The number of amides is 2. The fourth-order valence-electron chi connectivity index (χ4n) is 3.92. The Morgan fingerprint density at radius 1 is 1.24 bits per heavy atom. The molecule has 4 rings (SSSR count). The molecule has 1 saturated heterocycles. The molecule has 0 bridgehead atoms. The van der Waals surface area contributed by atoms with E-state index in [4.69, 9.17) is 16.3 Å². The molecule has 2 aliphatic rings. The number of aromatic nitrogens is 1. The van der Waals surface area contributed by atoms with Crippen molar-refractivity contribution in [1.82, 2.24) is 10.3 Å². The van der Waals surface area contributed by atoms with Crippen LogP contribution in [0.1, 0.15) is 54.4 Å². The number of rotatable bonds is 6. The summed E-state index contributed by atoms with van der Waals surface area (Å²) >= 11 is 6.13. The summed E-state index contributed by atoms with van der Waals surface area (Å²) in [6.07, 6.45) is 7.61. The smallest absolute Gasteiger partial charge is 0.253 e. The lowest BCUT2D eigenvalue weighted by Gasteiger charge is -2.20. The van der Waals surface area contributed by atoms with Crippen LogP contribution in [0.25, 0.3) is 0 Å². The normalized spacial score (nSPS) is 17.0. The maximum absolute atomic E-state index is 12.9. The Hall–Kier alpha value is -2.60. The van der Waals surface area contributed by atoms with Crippen molar-refractivity contribution in [3.8, 4) is 5.88 Å². The molecule has 1 aliphatic heterocycles. The maximum Gasteiger partial charge on any atom is 0.253 e. The summed E-state index contributed by atoms with van der Waals surface area (Å²) in [5, 5.41) is 3.43. The number of hydrogen-bond acceptors (Lipinski definition) is 4. The van der Waals surface area contributed by atoms with Crippen molar-refractivity contribution in [2.75, 3.05) is 11.4 Å². The van der Waals surface area contributed by atoms with Crippen molar-refractivity contribution in [1.29, 1.82) is 0 Å². The fourth-order valence-corrected chi connectivity index (χ4v) is 4.09. The molecular formula is C22H24ClN3O3. The number of carbonyl (C=O) groups is 2. The van der Waals surface area contributed by atoms with E-state index in [1.165, 1.54) is 12.8 Å². The van der Waals surface area contributed by atoms with Crippen molar-refractivity contribution in [3.63, 3.8) is 0 Å². The molecule has 152 valence electrons. The quantitative estimate of drug-likeness (QED) is 0.773. The molecule has 2 amide bonds. The molecule has 2 heterocycles. The van der Waals surface area contributed by atoms with Crippen LogP contribution in [0.15, 0.2) is 36.5 Å². The van der Waals surface area contributed by atoms with Crippen molar-refractivity contribution in [2.45, 2.75) is 51.2 Å². The Kier molecular flexibility index (Phi) is 6.00. The fraction of sp³-hybridized carbons (Fsp3) is 0.409. The highest BCUT2D eigenvalue weighted by atomic mass is 35.5. The first kappa shape index (κ1) is 19.7. The van der Waals surface area contributed by atoms with E-state index in [0.717, 1.165) is 24.8 Å². The Bertz CT molecular complexity index is 912. The highest BCUT2D eigenvalue weighted by molar-refractivity contribution is 6.31. The second-order valence-electron chi connectivity index (χ2n) is 7.49. The summed E-state index contributed by atoms with van der Waals surface area (Å²) in [5.74, 6) is 0.332. The van der Waals surface area contributed by atoms with Gasteiger partial charge in [0.2, 0.25) is 11.8 Å². The minimum Gasteiger partial charge on any atom is -0.474 e. The largest absolute Gasteiger partial charge is 0.474 e. The Labute approximate surface area is 175 Å². The van der Waals surface area contributed by atoms with Crippen LogP contribution in [0.5, 0.6) is 5.88 Å². The van der Waals surface area contributed by atoms with E-state index in [1.807, 2.05) is 12.1 Å². The highest BCUT2D eigenvalue weighted by Crippen LogP contribution is 2.29. The third-order valence-electron chi connectivity index (χ3n) is 5.44. The molecule has 2 fully saturated rings. The molecule has 1 aliphatic carbocycles.